The van der Waals surface area contributed by atoms with E-state index in [1.165, 1.54) is 0 Å². The second-order valence-electron chi connectivity index (χ2n) is 3.75. The van der Waals surface area contributed by atoms with Crippen LogP contribution in [-0.2, 0) is 19.6 Å². The van der Waals surface area contributed by atoms with Crippen molar-refractivity contribution >= 4 is 21.7 Å². The van der Waals surface area contributed by atoms with E-state index in [1.807, 2.05) is 0 Å². The van der Waals surface area contributed by atoms with Crippen molar-refractivity contribution in [1.82, 2.24) is 0 Å². The molecule has 0 spiro atoms. The number of hydrogen-bond acceptors (Lipinski definition) is 5. The maximum Gasteiger partial charge on any atom is 0.323 e. The highest BCUT2D eigenvalue weighted by atomic mass is 32.2. The Morgan fingerprint density at radius 2 is 2.00 bits per heavy atom. The van der Waals surface area contributed by atoms with Crippen molar-refractivity contribution in [2.24, 2.45) is 5.73 Å². The molecule has 3 N–H and O–H groups in total. The van der Waals surface area contributed by atoms with Gasteiger partial charge in [0.1, 0.15) is 0 Å². The Morgan fingerprint density at radius 1 is 1.35 bits per heavy atom. The van der Waals surface area contributed by atoms with E-state index in [-0.39, 0.29) is 13.2 Å². The Kier molecular flexibility index (Phi) is 6.03. The average Bonchev–Trinajstić information content (AvgIpc) is 2.37. The summed E-state index contributed by atoms with van der Waals surface area (Å²) in [6, 6.07) is 6.43. The van der Waals surface area contributed by atoms with Gasteiger partial charge in [0.25, 0.3) is 0 Å². The van der Waals surface area contributed by atoms with Gasteiger partial charge in [-0.25, -0.2) is 8.42 Å². The average molecular weight is 296 g/mol. The van der Waals surface area contributed by atoms with Crippen LogP contribution in [0.3, 0.4) is 0 Å². The molecule has 7 heteroatoms. The lowest BCUT2D eigenvalue weighted by atomic mass is 10.2. The van der Waals surface area contributed by atoms with E-state index in [1.54, 1.807) is 31.2 Å². The molecule has 0 aliphatic carbocycles. The zero-order valence-electron chi connectivity index (χ0n) is 11.0. The Hall–Kier alpha value is -2.04. The van der Waals surface area contributed by atoms with Crippen molar-refractivity contribution in [2.75, 3.05) is 23.6 Å². The van der Waals surface area contributed by atoms with Crippen molar-refractivity contribution in [3.05, 3.63) is 29.8 Å². The molecule has 0 fully saturated rings. The molecule has 0 saturated heterocycles. The number of carbonyl (C=O) groups excluding carboxylic acids is 1. The number of esters is 1. The highest BCUT2D eigenvalue weighted by Crippen LogP contribution is 2.11. The number of rotatable bonds is 5. The van der Waals surface area contributed by atoms with Gasteiger partial charge < -0.3 is 10.5 Å². The van der Waals surface area contributed by atoms with Gasteiger partial charge in [0.05, 0.1) is 13.2 Å². The minimum atomic E-state index is -3.77. The van der Waals surface area contributed by atoms with Crippen LogP contribution in [0.5, 0.6) is 0 Å². The molecule has 0 bridgehead atoms. The number of hydrogen-bond donors (Lipinski definition) is 2. The summed E-state index contributed by atoms with van der Waals surface area (Å²) in [7, 11) is -3.77. The fourth-order valence-corrected chi connectivity index (χ4v) is 2.31. The third kappa shape index (κ3) is 5.73. The lowest BCUT2D eigenvalue weighted by molar-refractivity contribution is -0.139. The number of anilines is 1. The van der Waals surface area contributed by atoms with Gasteiger partial charge in [0, 0.05) is 11.3 Å². The molecule has 0 aliphatic heterocycles. The first kappa shape index (κ1) is 16.0. The van der Waals surface area contributed by atoms with Crippen LogP contribution < -0.4 is 10.5 Å². The number of ether oxygens (including phenoxy) is 1. The largest absolute Gasteiger partial charge is 0.465 e. The standard InChI is InChI=1S/C13H16N2O4S/c1-2-19-13(16)10-20(17,18)15-12-7-5-11(6-8-12)4-3-9-14/h5-8,15H,2,9-10,14H2,1H3. The first-order valence-corrected chi connectivity index (χ1v) is 7.57. The summed E-state index contributed by atoms with van der Waals surface area (Å²) in [5, 5.41) is 0. The van der Waals surface area contributed by atoms with Gasteiger partial charge in [-0.3, -0.25) is 9.52 Å². The van der Waals surface area contributed by atoms with Crippen LogP contribution in [0.25, 0.3) is 0 Å². The lowest BCUT2D eigenvalue weighted by Crippen LogP contribution is -2.24. The Balaban J connectivity index is 2.70. The predicted molar refractivity (Wildman–Crippen MR) is 76.4 cm³/mol. The smallest absolute Gasteiger partial charge is 0.323 e. The maximum absolute atomic E-state index is 11.7. The quantitative estimate of drug-likeness (QED) is 0.601. The summed E-state index contributed by atoms with van der Waals surface area (Å²) in [5.41, 5.74) is 6.33. The topological polar surface area (TPSA) is 98.5 Å². The van der Waals surface area contributed by atoms with Gasteiger partial charge in [-0.1, -0.05) is 11.8 Å². The summed E-state index contributed by atoms with van der Waals surface area (Å²) < 4.78 is 30.3. The number of benzene rings is 1. The van der Waals surface area contributed by atoms with Gasteiger partial charge in [-0.15, -0.1) is 0 Å². The van der Waals surface area contributed by atoms with Crippen LogP contribution in [0.1, 0.15) is 12.5 Å². The first-order valence-electron chi connectivity index (χ1n) is 5.92. The van der Waals surface area contributed by atoms with Gasteiger partial charge in [-0.05, 0) is 31.2 Å². The molecule has 0 heterocycles. The van der Waals surface area contributed by atoms with Gasteiger partial charge in [-0.2, -0.15) is 0 Å². The zero-order chi connectivity index (χ0) is 15.0. The second-order valence-corrected chi connectivity index (χ2v) is 5.47. The minimum absolute atomic E-state index is 0.142. The first-order chi connectivity index (χ1) is 9.46. The third-order valence-corrected chi connectivity index (χ3v) is 3.27. The van der Waals surface area contributed by atoms with Gasteiger partial charge in [0.2, 0.25) is 10.0 Å². The summed E-state index contributed by atoms with van der Waals surface area (Å²) in [4.78, 5) is 11.1. The van der Waals surface area contributed by atoms with E-state index in [2.05, 4.69) is 21.3 Å². The zero-order valence-corrected chi connectivity index (χ0v) is 11.9. The van der Waals surface area contributed by atoms with Crippen LogP contribution in [-0.4, -0.2) is 33.3 Å². The van der Waals surface area contributed by atoms with Crippen molar-refractivity contribution in [2.45, 2.75) is 6.92 Å². The normalized spacial score (nSPS) is 10.3. The van der Waals surface area contributed by atoms with Crippen molar-refractivity contribution < 1.29 is 17.9 Å². The molecule has 0 aromatic heterocycles. The number of carbonyl (C=O) groups is 1. The summed E-state index contributed by atoms with van der Waals surface area (Å²) in [5.74, 6) is 4.01. The molecule has 1 rings (SSSR count). The molecule has 0 radical (unpaired) electrons. The fourth-order valence-electron chi connectivity index (χ4n) is 1.35. The summed E-state index contributed by atoms with van der Waals surface area (Å²) >= 11 is 0. The highest BCUT2D eigenvalue weighted by Gasteiger charge is 2.17. The minimum Gasteiger partial charge on any atom is -0.465 e. The molecule has 0 amide bonds. The number of nitrogens with two attached hydrogens (primary N) is 1. The lowest BCUT2D eigenvalue weighted by Gasteiger charge is -2.07. The summed E-state index contributed by atoms with van der Waals surface area (Å²) in [6.07, 6.45) is 0. The van der Waals surface area contributed by atoms with Crippen molar-refractivity contribution in [3.8, 4) is 11.8 Å². The summed E-state index contributed by atoms with van der Waals surface area (Å²) in [6.45, 7) is 2.01. The van der Waals surface area contributed by atoms with E-state index in [0.29, 0.717) is 5.69 Å². The molecular formula is C13H16N2O4S. The van der Waals surface area contributed by atoms with Crippen LogP contribution in [0, 0.1) is 11.8 Å². The Labute approximate surface area is 118 Å². The molecule has 0 unspecified atom stereocenters. The molecule has 1 aromatic carbocycles. The maximum atomic E-state index is 11.7. The fraction of sp³-hybridized carbons (Fsp3) is 0.308. The molecule has 0 atom stereocenters. The Bertz CT molecular complexity index is 612. The van der Waals surface area contributed by atoms with Gasteiger partial charge >= 0.3 is 5.97 Å². The van der Waals surface area contributed by atoms with Gasteiger partial charge in [0.15, 0.2) is 5.75 Å². The van der Waals surface area contributed by atoms with Crippen LogP contribution in [0.2, 0.25) is 0 Å². The van der Waals surface area contributed by atoms with E-state index < -0.39 is 21.7 Å². The molecule has 6 nitrogen and oxygen atoms in total. The van der Waals surface area contributed by atoms with Crippen molar-refractivity contribution in [1.29, 1.82) is 0 Å². The monoisotopic (exact) mass is 296 g/mol. The molecule has 1 aromatic rings. The van der Waals surface area contributed by atoms with Crippen LogP contribution >= 0.6 is 0 Å². The van der Waals surface area contributed by atoms with E-state index in [4.69, 9.17) is 5.73 Å². The van der Waals surface area contributed by atoms with E-state index in [9.17, 15) is 13.2 Å². The number of sulfonamides is 1. The predicted octanol–water partition coefficient (Wildman–Crippen LogP) is 0.302. The SMILES string of the molecule is CCOC(=O)CS(=O)(=O)Nc1ccc(C#CCN)cc1. The molecule has 0 saturated carbocycles. The molecule has 0 aliphatic rings. The third-order valence-electron chi connectivity index (χ3n) is 2.11. The van der Waals surface area contributed by atoms with Crippen LogP contribution in [0.15, 0.2) is 24.3 Å². The highest BCUT2D eigenvalue weighted by molar-refractivity contribution is 7.93. The Morgan fingerprint density at radius 3 is 2.55 bits per heavy atom. The number of nitrogens with one attached hydrogen (secondary N) is 1. The molecular weight excluding hydrogens is 280 g/mol. The van der Waals surface area contributed by atoms with Crippen LogP contribution in [0.4, 0.5) is 5.69 Å². The molecule has 20 heavy (non-hydrogen) atoms. The van der Waals surface area contributed by atoms with E-state index >= 15 is 0 Å². The van der Waals surface area contributed by atoms with Crippen molar-refractivity contribution in [3.63, 3.8) is 0 Å². The second kappa shape index (κ2) is 7.53. The van der Waals surface area contributed by atoms with E-state index in [0.717, 1.165) is 5.56 Å². The molecule has 108 valence electrons.